The van der Waals surface area contributed by atoms with Gasteiger partial charge in [-0.1, -0.05) is 12.1 Å². The minimum absolute atomic E-state index is 0.0284. The zero-order chi connectivity index (χ0) is 19.0. The molecule has 2 aliphatic rings. The predicted octanol–water partition coefficient (Wildman–Crippen LogP) is 3.57. The number of anilines is 1. The van der Waals surface area contributed by atoms with E-state index in [9.17, 15) is 18.3 Å². The molecule has 0 unspecified atom stereocenters. The monoisotopic (exact) mass is 381 g/mol. The van der Waals surface area contributed by atoms with Gasteiger partial charge in [-0.15, -0.1) is 0 Å². The van der Waals surface area contributed by atoms with Crippen LogP contribution in [0.15, 0.2) is 30.3 Å². The van der Waals surface area contributed by atoms with Gasteiger partial charge < -0.3 is 24.2 Å². The molecular formula is C19H18F3NO4. The lowest BCUT2D eigenvalue weighted by atomic mass is 9.99. The highest BCUT2D eigenvalue weighted by Gasteiger charge is 2.31. The summed E-state index contributed by atoms with van der Waals surface area (Å²) in [6.45, 7) is 2.41. The average molecular weight is 381 g/mol. The first-order valence-corrected chi connectivity index (χ1v) is 8.57. The van der Waals surface area contributed by atoms with E-state index in [1.54, 1.807) is 0 Å². The van der Waals surface area contributed by atoms with Gasteiger partial charge in [-0.25, -0.2) is 0 Å². The number of hydrogen-bond acceptors (Lipinski definition) is 5. The van der Waals surface area contributed by atoms with Gasteiger partial charge in [0.2, 0.25) is 6.79 Å². The number of morpholine rings is 1. The Kier molecular flexibility index (Phi) is 4.51. The number of rotatable bonds is 3. The Balaban J connectivity index is 1.71. The van der Waals surface area contributed by atoms with Gasteiger partial charge in [0, 0.05) is 31.1 Å². The lowest BCUT2D eigenvalue weighted by Crippen LogP contribution is -2.37. The molecule has 0 aliphatic carbocycles. The van der Waals surface area contributed by atoms with Crippen molar-refractivity contribution in [3.63, 3.8) is 0 Å². The van der Waals surface area contributed by atoms with Gasteiger partial charge in [0.15, 0.2) is 11.5 Å². The molecule has 0 aromatic heterocycles. The third kappa shape index (κ3) is 3.49. The van der Waals surface area contributed by atoms with E-state index in [2.05, 4.69) is 4.90 Å². The van der Waals surface area contributed by atoms with Crippen LogP contribution in [-0.4, -0.2) is 38.2 Å². The maximum absolute atomic E-state index is 12.8. The van der Waals surface area contributed by atoms with Crippen molar-refractivity contribution in [2.75, 3.05) is 38.0 Å². The number of hydrogen-bond donors (Lipinski definition) is 1. The van der Waals surface area contributed by atoms with Crippen molar-refractivity contribution in [1.82, 2.24) is 0 Å². The van der Waals surface area contributed by atoms with Crippen LogP contribution < -0.4 is 14.4 Å². The molecule has 1 saturated heterocycles. The van der Waals surface area contributed by atoms with Crippen LogP contribution >= 0.6 is 0 Å². The van der Waals surface area contributed by atoms with Crippen molar-refractivity contribution >= 4 is 5.69 Å². The fourth-order valence-electron chi connectivity index (χ4n) is 3.36. The number of benzene rings is 2. The van der Waals surface area contributed by atoms with Gasteiger partial charge >= 0.3 is 6.18 Å². The van der Waals surface area contributed by atoms with Gasteiger partial charge in [-0.2, -0.15) is 13.2 Å². The molecule has 0 saturated carbocycles. The summed E-state index contributed by atoms with van der Waals surface area (Å²) in [6, 6.07) is 6.44. The minimum atomic E-state index is -4.38. The van der Waals surface area contributed by atoms with Crippen LogP contribution in [-0.2, 0) is 17.3 Å². The molecule has 2 aromatic rings. The number of phenols is 1. The average Bonchev–Trinajstić information content (AvgIpc) is 3.10. The Labute approximate surface area is 153 Å². The second-order valence-corrected chi connectivity index (χ2v) is 6.43. The number of ether oxygens (including phenoxy) is 3. The number of alkyl halides is 3. The molecule has 0 radical (unpaired) electrons. The molecule has 27 heavy (non-hydrogen) atoms. The molecule has 0 spiro atoms. The van der Waals surface area contributed by atoms with Crippen molar-refractivity contribution in [2.24, 2.45) is 0 Å². The summed E-state index contributed by atoms with van der Waals surface area (Å²) in [5, 5.41) is 10.6. The van der Waals surface area contributed by atoms with Crippen LogP contribution in [0, 0.1) is 0 Å². The molecule has 0 amide bonds. The van der Waals surface area contributed by atoms with Gasteiger partial charge in [0.25, 0.3) is 0 Å². The first kappa shape index (κ1) is 17.8. The Morgan fingerprint density at radius 2 is 1.74 bits per heavy atom. The van der Waals surface area contributed by atoms with Crippen molar-refractivity contribution in [2.45, 2.75) is 12.6 Å². The molecule has 2 heterocycles. The first-order valence-electron chi connectivity index (χ1n) is 8.57. The van der Waals surface area contributed by atoms with E-state index in [0.717, 1.165) is 12.1 Å². The number of phenolic OH excluding ortho intramolecular Hbond substituents is 1. The maximum atomic E-state index is 12.8. The Hall–Kier alpha value is -2.61. The molecular weight excluding hydrogens is 363 g/mol. The summed E-state index contributed by atoms with van der Waals surface area (Å²) in [4.78, 5) is 2.05. The van der Waals surface area contributed by atoms with Crippen molar-refractivity contribution in [3.05, 3.63) is 47.0 Å². The zero-order valence-corrected chi connectivity index (χ0v) is 14.4. The third-order valence-electron chi connectivity index (χ3n) is 4.71. The molecule has 144 valence electrons. The van der Waals surface area contributed by atoms with E-state index in [-0.39, 0.29) is 19.0 Å². The lowest BCUT2D eigenvalue weighted by Gasteiger charge is -2.31. The second kappa shape index (κ2) is 6.84. The van der Waals surface area contributed by atoms with E-state index >= 15 is 0 Å². The molecule has 0 bridgehead atoms. The maximum Gasteiger partial charge on any atom is 0.416 e. The Bertz CT molecular complexity index is 830. The SMILES string of the molecule is Oc1cc2c(c(N3CCOCC3)c1Cc1ccc(C(F)(F)F)cc1)OCO2. The van der Waals surface area contributed by atoms with Crippen molar-refractivity contribution < 1.29 is 32.5 Å². The molecule has 2 aliphatic heterocycles. The van der Waals surface area contributed by atoms with E-state index in [1.807, 2.05) is 0 Å². The van der Waals surface area contributed by atoms with Crippen LogP contribution in [0.1, 0.15) is 16.7 Å². The highest BCUT2D eigenvalue weighted by molar-refractivity contribution is 5.74. The van der Waals surface area contributed by atoms with E-state index in [0.29, 0.717) is 54.6 Å². The van der Waals surface area contributed by atoms with Crippen molar-refractivity contribution in [3.8, 4) is 17.2 Å². The molecule has 8 heteroatoms. The summed E-state index contributed by atoms with van der Waals surface area (Å²) in [6.07, 6.45) is -4.11. The topological polar surface area (TPSA) is 51.2 Å². The fourth-order valence-corrected chi connectivity index (χ4v) is 3.36. The molecule has 0 atom stereocenters. The largest absolute Gasteiger partial charge is 0.507 e. The highest BCUT2D eigenvalue weighted by atomic mass is 19.4. The summed E-state index contributed by atoms with van der Waals surface area (Å²) in [5.41, 5.74) is 1.27. The van der Waals surface area contributed by atoms with E-state index in [1.165, 1.54) is 18.2 Å². The van der Waals surface area contributed by atoms with Crippen molar-refractivity contribution in [1.29, 1.82) is 0 Å². The molecule has 5 nitrogen and oxygen atoms in total. The lowest BCUT2D eigenvalue weighted by molar-refractivity contribution is -0.137. The first-order chi connectivity index (χ1) is 12.9. The Morgan fingerprint density at radius 1 is 1.04 bits per heavy atom. The molecule has 1 N–H and O–H groups in total. The van der Waals surface area contributed by atoms with Gasteiger partial charge in [-0.05, 0) is 17.7 Å². The smallest absolute Gasteiger partial charge is 0.416 e. The normalized spacial score (nSPS) is 16.6. The second-order valence-electron chi connectivity index (χ2n) is 6.43. The van der Waals surface area contributed by atoms with Gasteiger partial charge in [-0.3, -0.25) is 0 Å². The molecule has 2 aromatic carbocycles. The number of fused-ring (bicyclic) bond motifs is 1. The predicted molar refractivity (Wildman–Crippen MR) is 91.5 cm³/mol. The summed E-state index contributed by atoms with van der Waals surface area (Å²) in [5.74, 6) is 1.04. The molecule has 4 rings (SSSR count). The quantitative estimate of drug-likeness (QED) is 0.881. The summed E-state index contributed by atoms with van der Waals surface area (Å²) < 4.78 is 54.7. The minimum Gasteiger partial charge on any atom is -0.507 e. The number of halogens is 3. The van der Waals surface area contributed by atoms with Crippen LogP contribution in [0.2, 0.25) is 0 Å². The zero-order valence-electron chi connectivity index (χ0n) is 14.4. The summed E-state index contributed by atoms with van der Waals surface area (Å²) >= 11 is 0. The van der Waals surface area contributed by atoms with Gasteiger partial charge in [0.1, 0.15) is 5.75 Å². The standard InChI is InChI=1S/C19H18F3NO4/c20-19(21,22)13-3-1-12(2-4-13)9-14-15(24)10-16-18(27-11-26-16)17(14)23-5-7-25-8-6-23/h1-4,10,24H,5-9,11H2. The van der Waals surface area contributed by atoms with Crippen LogP contribution in [0.3, 0.4) is 0 Å². The van der Waals surface area contributed by atoms with Crippen LogP contribution in [0.4, 0.5) is 18.9 Å². The third-order valence-corrected chi connectivity index (χ3v) is 4.71. The van der Waals surface area contributed by atoms with Crippen LogP contribution in [0.5, 0.6) is 17.2 Å². The fraction of sp³-hybridized carbons (Fsp3) is 0.368. The molecule has 1 fully saturated rings. The number of nitrogens with zero attached hydrogens (tertiary/aromatic N) is 1. The number of aromatic hydroxyl groups is 1. The Morgan fingerprint density at radius 3 is 2.41 bits per heavy atom. The van der Waals surface area contributed by atoms with Crippen LogP contribution in [0.25, 0.3) is 0 Å². The van der Waals surface area contributed by atoms with E-state index < -0.39 is 11.7 Å². The highest BCUT2D eigenvalue weighted by Crippen LogP contribution is 2.48. The van der Waals surface area contributed by atoms with Gasteiger partial charge in [0.05, 0.1) is 24.5 Å². The summed E-state index contributed by atoms with van der Waals surface area (Å²) in [7, 11) is 0. The van der Waals surface area contributed by atoms with E-state index in [4.69, 9.17) is 14.2 Å².